The Morgan fingerprint density at radius 1 is 1.15 bits per heavy atom. The number of aliphatic hydroxyl groups is 3. The largest absolute Gasteiger partial charge is 0.479 e. The van der Waals surface area contributed by atoms with Gasteiger partial charge in [-0.3, -0.25) is 4.79 Å². The fourth-order valence-electron chi connectivity index (χ4n) is 4.16. The van der Waals surface area contributed by atoms with Crippen molar-refractivity contribution in [2.75, 3.05) is 10.2 Å². The summed E-state index contributed by atoms with van der Waals surface area (Å²) in [5, 5.41) is 42.3. The number of nitrogens with zero attached hydrogens (tertiary/aromatic N) is 3. The number of hydrogen-bond acceptors (Lipinski definition) is 10. The number of nitrogens with one attached hydrogen (secondary N) is 1. The van der Waals surface area contributed by atoms with E-state index in [0.29, 0.717) is 29.3 Å². The second-order valence-electron chi connectivity index (χ2n) is 8.24. The highest BCUT2D eigenvalue weighted by Gasteiger charge is 2.53. The molecule has 3 unspecified atom stereocenters. The molecule has 1 saturated carbocycles. The molecule has 12 nitrogen and oxygen atoms in total. The normalized spacial score (nSPS) is 32.9. The van der Waals surface area contributed by atoms with Gasteiger partial charge in [0.1, 0.15) is 24.1 Å². The van der Waals surface area contributed by atoms with Gasteiger partial charge in [0, 0.05) is 12.4 Å². The van der Waals surface area contributed by atoms with Crippen LogP contribution in [0.1, 0.15) is 22.3 Å². The second kappa shape index (κ2) is 8.01. The highest BCUT2D eigenvalue weighted by molar-refractivity contribution is 6.12. The first-order valence-electron chi connectivity index (χ1n) is 10.4. The van der Waals surface area contributed by atoms with Crippen LogP contribution in [0.5, 0.6) is 0 Å². The fraction of sp³-hybridized carbons (Fsp3) is 0.429. The van der Waals surface area contributed by atoms with Crippen molar-refractivity contribution < 1.29 is 39.5 Å². The summed E-state index contributed by atoms with van der Waals surface area (Å²) in [7, 11) is 0. The lowest BCUT2D eigenvalue weighted by atomic mass is 9.99. The van der Waals surface area contributed by atoms with Crippen molar-refractivity contribution in [2.24, 2.45) is 0 Å². The molecule has 174 valence electrons. The zero-order valence-electron chi connectivity index (χ0n) is 17.4. The summed E-state index contributed by atoms with van der Waals surface area (Å²) in [5.41, 5.74) is 1.68. The molecular formula is C21H22N4O8. The Kier molecular flexibility index (Phi) is 5.26. The molecule has 7 atom stereocenters. The number of anilines is 3. The molecule has 5 N–H and O–H groups in total. The van der Waals surface area contributed by atoms with E-state index in [1.54, 1.807) is 35.5 Å². The summed E-state index contributed by atoms with van der Waals surface area (Å²) in [4.78, 5) is 34.8. The number of ether oxygens (including phenoxy) is 2. The highest BCUT2D eigenvalue weighted by Crippen LogP contribution is 2.45. The minimum Gasteiger partial charge on any atom is -0.479 e. The van der Waals surface area contributed by atoms with Gasteiger partial charge in [-0.25, -0.2) is 14.8 Å². The molecule has 1 aliphatic carbocycles. The number of aliphatic carboxylic acids is 1. The first-order valence-corrected chi connectivity index (χ1v) is 10.4. The van der Waals surface area contributed by atoms with Crippen molar-refractivity contribution in [3.8, 4) is 0 Å². The third-order valence-corrected chi connectivity index (χ3v) is 6.02. The average molecular weight is 458 g/mol. The highest BCUT2D eigenvalue weighted by atomic mass is 16.7. The Labute approximate surface area is 187 Å². The summed E-state index contributed by atoms with van der Waals surface area (Å²) in [5.74, 6) is -0.963. The number of aromatic nitrogens is 2. The van der Waals surface area contributed by atoms with E-state index >= 15 is 0 Å². The van der Waals surface area contributed by atoms with Gasteiger partial charge in [0.2, 0.25) is 0 Å². The predicted octanol–water partition coefficient (Wildman–Crippen LogP) is -0.461. The number of carboxylic acid groups (broad SMARTS) is 1. The number of rotatable bonds is 4. The molecule has 2 fully saturated rings. The number of carboxylic acids is 1. The van der Waals surface area contributed by atoms with E-state index in [9.17, 15) is 30.0 Å². The van der Waals surface area contributed by atoms with Crippen molar-refractivity contribution in [1.29, 1.82) is 0 Å². The number of fused-ring (bicyclic) bond motifs is 2. The summed E-state index contributed by atoms with van der Waals surface area (Å²) < 4.78 is 11.0. The Morgan fingerprint density at radius 3 is 2.67 bits per heavy atom. The van der Waals surface area contributed by atoms with Crippen LogP contribution in [0.2, 0.25) is 0 Å². The van der Waals surface area contributed by atoms with E-state index in [2.05, 4.69) is 15.3 Å². The van der Waals surface area contributed by atoms with Gasteiger partial charge in [0.05, 0.1) is 23.4 Å². The van der Waals surface area contributed by atoms with E-state index < -0.39 is 42.8 Å². The smallest absolute Gasteiger partial charge is 0.335 e. The van der Waals surface area contributed by atoms with Crippen LogP contribution in [-0.4, -0.2) is 85.1 Å². The van der Waals surface area contributed by atoms with Gasteiger partial charge in [-0.05, 0) is 37.1 Å². The summed E-state index contributed by atoms with van der Waals surface area (Å²) in [6, 6.07) is 4.71. The molecule has 2 aromatic rings. The Morgan fingerprint density at radius 2 is 1.91 bits per heavy atom. The fourth-order valence-corrected chi connectivity index (χ4v) is 4.16. The van der Waals surface area contributed by atoms with Crippen molar-refractivity contribution in [3.05, 3.63) is 41.7 Å². The third-order valence-electron chi connectivity index (χ3n) is 6.02. The van der Waals surface area contributed by atoms with E-state index in [0.717, 1.165) is 5.56 Å². The van der Waals surface area contributed by atoms with E-state index in [1.165, 1.54) is 0 Å². The van der Waals surface area contributed by atoms with E-state index in [1.807, 2.05) is 6.92 Å². The van der Waals surface area contributed by atoms with Gasteiger partial charge >= 0.3 is 5.97 Å². The average Bonchev–Trinajstić information content (AvgIpc) is 3.56. The minimum absolute atomic E-state index is 0.330. The molecule has 1 amide bonds. The topological polar surface area (TPSA) is 175 Å². The molecule has 4 heterocycles. The van der Waals surface area contributed by atoms with Crippen LogP contribution in [-0.2, 0) is 14.3 Å². The van der Waals surface area contributed by atoms with Gasteiger partial charge in [0.15, 0.2) is 18.2 Å². The van der Waals surface area contributed by atoms with Crippen LogP contribution in [0, 0.1) is 6.92 Å². The van der Waals surface area contributed by atoms with Crippen molar-refractivity contribution in [2.45, 2.75) is 56.2 Å². The number of hydrogen-bond donors (Lipinski definition) is 5. The number of aryl methyl sites for hydroxylation is 1. The molecule has 3 aliphatic rings. The molecule has 1 saturated heterocycles. The number of carbonyl (C=O) groups excluding carboxylic acids is 1. The van der Waals surface area contributed by atoms with Crippen molar-refractivity contribution in [3.63, 3.8) is 0 Å². The zero-order chi connectivity index (χ0) is 23.4. The van der Waals surface area contributed by atoms with E-state index in [4.69, 9.17) is 9.47 Å². The van der Waals surface area contributed by atoms with Crippen LogP contribution < -0.4 is 10.2 Å². The molecule has 2 aromatic heterocycles. The van der Waals surface area contributed by atoms with Crippen LogP contribution >= 0.6 is 0 Å². The number of amides is 1. The lowest BCUT2D eigenvalue weighted by Gasteiger charge is -2.38. The molecule has 33 heavy (non-hydrogen) atoms. The van der Waals surface area contributed by atoms with Crippen LogP contribution in [0.4, 0.5) is 17.3 Å². The molecule has 0 aromatic carbocycles. The molecule has 0 spiro atoms. The van der Waals surface area contributed by atoms with Gasteiger partial charge in [0.25, 0.3) is 5.91 Å². The molecule has 0 radical (unpaired) electrons. The first-order chi connectivity index (χ1) is 15.8. The minimum atomic E-state index is -1.80. The SMILES string of the molecule is Cc1ccnc2c1NC(=O)c1cccnc1N2C1CC1OC1O[C@H](C(=O)O)[C@@H](O)[C@H](O)[C@H]1O. The second-order valence-corrected chi connectivity index (χ2v) is 8.24. The van der Waals surface area contributed by atoms with Crippen LogP contribution in [0.3, 0.4) is 0 Å². The van der Waals surface area contributed by atoms with Crippen LogP contribution in [0.15, 0.2) is 30.6 Å². The molecule has 2 aliphatic heterocycles. The summed E-state index contributed by atoms with van der Waals surface area (Å²) in [6.45, 7) is 1.84. The maximum Gasteiger partial charge on any atom is 0.335 e. The number of carbonyl (C=O) groups is 2. The first kappa shape index (κ1) is 21.7. The molecular weight excluding hydrogens is 436 g/mol. The Balaban J connectivity index is 1.44. The maximum atomic E-state index is 12.8. The Bertz CT molecular complexity index is 1110. The van der Waals surface area contributed by atoms with Crippen LogP contribution in [0.25, 0.3) is 0 Å². The lowest BCUT2D eigenvalue weighted by molar-refractivity contribution is -0.297. The summed E-state index contributed by atoms with van der Waals surface area (Å²) >= 11 is 0. The van der Waals surface area contributed by atoms with Gasteiger partial charge in [-0.1, -0.05) is 0 Å². The third kappa shape index (κ3) is 3.61. The number of pyridine rings is 2. The van der Waals surface area contributed by atoms with Gasteiger partial charge < -0.3 is 40.1 Å². The standard InChI is InChI=1S/C21H22N4O8/c1-8-4-6-23-18-12(8)24-19(29)9-3-2-5-22-17(9)25(18)10-7-11(10)32-21-15(28)13(26)14(27)16(33-21)20(30)31/h2-6,10-11,13-16,21,26-28H,7H2,1H3,(H,24,29)(H,30,31)/t10?,11?,13-,14-,15+,16-,21?/m0/s1. The lowest BCUT2D eigenvalue weighted by Crippen LogP contribution is -2.60. The molecule has 12 heteroatoms. The Hall–Kier alpha value is -3.16. The predicted molar refractivity (Wildman–Crippen MR) is 111 cm³/mol. The maximum absolute atomic E-state index is 12.8. The number of aliphatic hydroxyl groups excluding tert-OH is 3. The quantitative estimate of drug-likeness (QED) is 0.401. The summed E-state index contributed by atoms with van der Waals surface area (Å²) in [6.07, 6.45) is -5.38. The molecule has 0 bridgehead atoms. The van der Waals surface area contributed by atoms with Crippen molar-refractivity contribution >= 4 is 29.2 Å². The molecule has 5 rings (SSSR count). The monoisotopic (exact) mass is 458 g/mol. The van der Waals surface area contributed by atoms with E-state index in [-0.39, 0.29) is 11.9 Å². The zero-order valence-corrected chi connectivity index (χ0v) is 17.4. The van der Waals surface area contributed by atoms with Gasteiger partial charge in [-0.15, -0.1) is 0 Å². The van der Waals surface area contributed by atoms with Gasteiger partial charge in [-0.2, -0.15) is 0 Å². The van der Waals surface area contributed by atoms with Crippen molar-refractivity contribution in [1.82, 2.24) is 9.97 Å².